The van der Waals surface area contributed by atoms with Gasteiger partial charge in [-0.05, 0) is 66.9 Å². The molecule has 0 bridgehead atoms. The van der Waals surface area contributed by atoms with E-state index in [0.29, 0.717) is 30.4 Å². The average molecular weight is 445 g/mol. The Balaban J connectivity index is 1.23. The highest BCUT2D eigenvalue weighted by atomic mass is 19.1. The number of urea groups is 1. The van der Waals surface area contributed by atoms with Gasteiger partial charge in [-0.3, -0.25) is 9.69 Å². The Kier molecular flexibility index (Phi) is 5.69. The molecule has 6 nitrogen and oxygen atoms in total. The number of benzene rings is 3. The molecule has 0 aromatic heterocycles. The van der Waals surface area contributed by atoms with Gasteiger partial charge in [-0.2, -0.15) is 0 Å². The predicted octanol–water partition coefficient (Wildman–Crippen LogP) is 4.78. The number of hydrogen-bond donors (Lipinski definition) is 2. The zero-order valence-corrected chi connectivity index (χ0v) is 18.1. The van der Waals surface area contributed by atoms with Gasteiger partial charge >= 0.3 is 6.03 Å². The third kappa shape index (κ3) is 4.39. The van der Waals surface area contributed by atoms with E-state index in [9.17, 15) is 14.0 Å². The van der Waals surface area contributed by atoms with Crippen LogP contribution in [-0.2, 0) is 6.54 Å². The molecule has 2 aliphatic heterocycles. The van der Waals surface area contributed by atoms with Crippen LogP contribution in [0.2, 0.25) is 0 Å². The molecule has 1 saturated heterocycles. The van der Waals surface area contributed by atoms with Gasteiger partial charge in [0.15, 0.2) is 0 Å². The minimum Gasteiger partial charge on any atom is -0.365 e. The first kappa shape index (κ1) is 21.0. The summed E-state index contributed by atoms with van der Waals surface area (Å²) >= 11 is 0. The van der Waals surface area contributed by atoms with Crippen molar-refractivity contribution in [3.8, 4) is 0 Å². The maximum atomic E-state index is 13.1. The second-order valence-corrected chi connectivity index (χ2v) is 8.41. The maximum absolute atomic E-state index is 13.1. The number of amides is 3. The fourth-order valence-electron chi connectivity index (χ4n) is 4.56. The van der Waals surface area contributed by atoms with Crippen molar-refractivity contribution in [2.45, 2.75) is 25.4 Å². The largest absolute Gasteiger partial charge is 0.365 e. The number of nitrogens with one attached hydrogen (secondary N) is 2. The summed E-state index contributed by atoms with van der Waals surface area (Å²) < 4.78 is 13.0. The number of rotatable bonds is 4. The molecule has 1 atom stereocenters. The number of halogens is 1. The van der Waals surface area contributed by atoms with E-state index in [4.69, 9.17) is 0 Å². The first-order chi connectivity index (χ1) is 16.1. The Labute approximate surface area is 192 Å². The van der Waals surface area contributed by atoms with Crippen molar-refractivity contribution in [3.63, 3.8) is 0 Å². The van der Waals surface area contributed by atoms with E-state index in [0.717, 1.165) is 36.3 Å². The minimum absolute atomic E-state index is 0.178. The van der Waals surface area contributed by atoms with Crippen LogP contribution in [0.4, 0.5) is 26.2 Å². The summed E-state index contributed by atoms with van der Waals surface area (Å²) in [6.45, 7) is 2.00. The fourth-order valence-corrected chi connectivity index (χ4v) is 4.56. The molecule has 0 saturated carbocycles. The summed E-state index contributed by atoms with van der Waals surface area (Å²) in [5.74, 6) is -0.542. The van der Waals surface area contributed by atoms with E-state index >= 15 is 0 Å². The molecule has 168 valence electrons. The molecule has 7 heteroatoms. The number of para-hydroxylation sites is 2. The third-order valence-corrected chi connectivity index (χ3v) is 6.26. The van der Waals surface area contributed by atoms with Gasteiger partial charge in [0.05, 0.1) is 11.4 Å². The van der Waals surface area contributed by atoms with Crippen LogP contribution in [0.25, 0.3) is 0 Å². The molecule has 5 rings (SSSR count). The summed E-state index contributed by atoms with van der Waals surface area (Å²) in [7, 11) is 0. The number of carbonyl (C=O) groups is 2. The molecular weight excluding hydrogens is 419 g/mol. The summed E-state index contributed by atoms with van der Waals surface area (Å²) in [4.78, 5) is 29.7. The van der Waals surface area contributed by atoms with E-state index in [1.54, 1.807) is 36.4 Å². The highest BCUT2D eigenvalue weighted by molar-refractivity contribution is 6.05. The fraction of sp³-hybridized carbons (Fsp3) is 0.231. The molecule has 2 aliphatic rings. The lowest BCUT2D eigenvalue weighted by Crippen LogP contribution is -2.49. The van der Waals surface area contributed by atoms with Crippen LogP contribution in [0.1, 0.15) is 28.8 Å². The lowest BCUT2D eigenvalue weighted by atomic mass is 10.1. The molecule has 2 N–H and O–H groups in total. The Bertz CT molecular complexity index is 1160. The SMILES string of the molecule is O=C(NCc1ccc(F)cc1)c1ccc(NC(=O)N2C[C@H]3CCCN3c3ccccc32)cc1. The van der Waals surface area contributed by atoms with Gasteiger partial charge in [-0.25, -0.2) is 9.18 Å². The summed E-state index contributed by atoms with van der Waals surface area (Å²) in [5, 5.41) is 5.78. The summed E-state index contributed by atoms with van der Waals surface area (Å²) in [6.07, 6.45) is 2.22. The first-order valence-corrected chi connectivity index (χ1v) is 11.2. The molecular formula is C26H25FN4O2. The minimum atomic E-state index is -0.309. The topological polar surface area (TPSA) is 64.7 Å². The molecule has 0 aliphatic carbocycles. The van der Waals surface area contributed by atoms with Crippen molar-refractivity contribution < 1.29 is 14.0 Å². The number of carbonyl (C=O) groups excluding carboxylic acids is 2. The van der Waals surface area contributed by atoms with Gasteiger partial charge in [0.25, 0.3) is 5.91 Å². The molecule has 3 aromatic carbocycles. The number of fused-ring (bicyclic) bond motifs is 3. The van der Waals surface area contributed by atoms with Gasteiger partial charge in [-0.1, -0.05) is 24.3 Å². The van der Waals surface area contributed by atoms with Crippen molar-refractivity contribution >= 4 is 29.0 Å². The van der Waals surface area contributed by atoms with Crippen LogP contribution in [0.15, 0.2) is 72.8 Å². The standard InChI is InChI=1S/C26H25FN4O2/c27-20-11-7-18(8-12-20)16-28-25(32)19-9-13-21(14-10-19)29-26(33)31-17-22-4-3-15-30(22)23-5-1-2-6-24(23)31/h1-2,5-14,22H,3-4,15-17H2,(H,28,32)(H,29,33)/t22-/m1/s1. The van der Waals surface area contributed by atoms with Gasteiger partial charge < -0.3 is 15.5 Å². The lowest BCUT2D eigenvalue weighted by Gasteiger charge is -2.40. The van der Waals surface area contributed by atoms with Gasteiger partial charge in [0.1, 0.15) is 5.82 Å². The zero-order chi connectivity index (χ0) is 22.8. The molecule has 0 spiro atoms. The first-order valence-electron chi connectivity index (χ1n) is 11.2. The van der Waals surface area contributed by atoms with E-state index in [-0.39, 0.29) is 17.8 Å². The lowest BCUT2D eigenvalue weighted by molar-refractivity contribution is 0.0951. The monoisotopic (exact) mass is 444 g/mol. The Morgan fingerprint density at radius 3 is 2.42 bits per heavy atom. The average Bonchev–Trinajstić information content (AvgIpc) is 3.32. The van der Waals surface area contributed by atoms with Crippen molar-refractivity contribution in [3.05, 3.63) is 89.7 Å². The van der Waals surface area contributed by atoms with Crippen molar-refractivity contribution in [1.29, 1.82) is 0 Å². The molecule has 0 unspecified atom stereocenters. The van der Waals surface area contributed by atoms with Crippen LogP contribution in [0.3, 0.4) is 0 Å². The Hall–Kier alpha value is -3.87. The van der Waals surface area contributed by atoms with E-state index in [1.807, 2.05) is 23.1 Å². The van der Waals surface area contributed by atoms with Crippen LogP contribution >= 0.6 is 0 Å². The zero-order valence-electron chi connectivity index (χ0n) is 18.1. The van der Waals surface area contributed by atoms with Gasteiger partial charge in [0, 0.05) is 36.9 Å². The maximum Gasteiger partial charge on any atom is 0.326 e. The Morgan fingerprint density at radius 2 is 1.67 bits per heavy atom. The normalized spacial score (nSPS) is 16.7. The smallest absolute Gasteiger partial charge is 0.326 e. The van der Waals surface area contributed by atoms with Gasteiger partial charge in [0.2, 0.25) is 0 Å². The summed E-state index contributed by atoms with van der Waals surface area (Å²) in [5.41, 5.74) is 3.96. The number of anilines is 3. The number of hydrogen-bond acceptors (Lipinski definition) is 3. The molecule has 33 heavy (non-hydrogen) atoms. The second kappa shape index (κ2) is 8.94. The van der Waals surface area contributed by atoms with Crippen molar-refractivity contribution in [1.82, 2.24) is 5.32 Å². The van der Waals surface area contributed by atoms with Crippen LogP contribution in [0, 0.1) is 5.82 Å². The number of nitrogens with zero attached hydrogens (tertiary/aromatic N) is 2. The molecule has 1 fully saturated rings. The van der Waals surface area contributed by atoms with Crippen LogP contribution < -0.4 is 20.4 Å². The molecule has 3 aromatic rings. The predicted molar refractivity (Wildman–Crippen MR) is 127 cm³/mol. The molecule has 3 amide bonds. The third-order valence-electron chi connectivity index (χ3n) is 6.26. The quantitative estimate of drug-likeness (QED) is 0.609. The van der Waals surface area contributed by atoms with Gasteiger partial charge in [-0.15, -0.1) is 0 Å². The highest BCUT2D eigenvalue weighted by Crippen LogP contribution is 2.39. The molecule has 2 heterocycles. The summed E-state index contributed by atoms with van der Waals surface area (Å²) in [6, 6.07) is 21.0. The highest BCUT2D eigenvalue weighted by Gasteiger charge is 2.36. The van der Waals surface area contributed by atoms with E-state index in [2.05, 4.69) is 21.6 Å². The van der Waals surface area contributed by atoms with E-state index < -0.39 is 0 Å². The van der Waals surface area contributed by atoms with Crippen LogP contribution in [0.5, 0.6) is 0 Å². The van der Waals surface area contributed by atoms with Crippen LogP contribution in [-0.4, -0.2) is 31.1 Å². The van der Waals surface area contributed by atoms with Crippen molar-refractivity contribution in [2.24, 2.45) is 0 Å². The molecule has 0 radical (unpaired) electrons. The second-order valence-electron chi connectivity index (χ2n) is 8.41. The van der Waals surface area contributed by atoms with E-state index in [1.165, 1.54) is 12.1 Å². The Morgan fingerprint density at radius 1 is 0.939 bits per heavy atom. The van der Waals surface area contributed by atoms with Crippen molar-refractivity contribution in [2.75, 3.05) is 28.2 Å².